The van der Waals surface area contributed by atoms with Crippen LogP contribution in [0.3, 0.4) is 0 Å². The number of furan rings is 1. The van der Waals surface area contributed by atoms with Crippen molar-refractivity contribution in [3.8, 4) is 0 Å². The summed E-state index contributed by atoms with van der Waals surface area (Å²) < 4.78 is 16.9. The van der Waals surface area contributed by atoms with Gasteiger partial charge in [0, 0.05) is 21.6 Å². The Hall–Kier alpha value is -1.10. The summed E-state index contributed by atoms with van der Waals surface area (Å²) in [6.45, 7) is 5.59. The van der Waals surface area contributed by atoms with Crippen LogP contribution in [0, 0.1) is 6.92 Å². The first kappa shape index (κ1) is 13.0. The van der Waals surface area contributed by atoms with Gasteiger partial charge in [0.05, 0.1) is 5.75 Å². The molecule has 0 amide bonds. The molecule has 90 valence electrons. The first-order valence-corrected chi connectivity index (χ1v) is 6.53. The van der Waals surface area contributed by atoms with Crippen LogP contribution in [0.1, 0.15) is 42.1 Å². The third-order valence-corrected chi connectivity index (χ3v) is 4.38. The van der Waals surface area contributed by atoms with E-state index in [0.29, 0.717) is 11.5 Å². The molecule has 0 aliphatic carbocycles. The molecular formula is C11H16O4S. The summed E-state index contributed by atoms with van der Waals surface area (Å²) in [5.41, 5.74) is 0.719. The highest BCUT2D eigenvalue weighted by molar-refractivity contribution is 7.84. The van der Waals surface area contributed by atoms with E-state index in [4.69, 9.17) is 9.52 Å². The average molecular weight is 244 g/mol. The van der Waals surface area contributed by atoms with Crippen LogP contribution in [0.25, 0.3) is 0 Å². The van der Waals surface area contributed by atoms with Crippen LogP contribution in [0.4, 0.5) is 0 Å². The summed E-state index contributed by atoms with van der Waals surface area (Å²) in [6, 6.07) is 1.46. The lowest BCUT2D eigenvalue weighted by Gasteiger charge is -2.07. The topological polar surface area (TPSA) is 67.5 Å². The Kier molecular flexibility index (Phi) is 4.29. The van der Waals surface area contributed by atoms with Crippen LogP contribution in [-0.4, -0.2) is 20.5 Å². The van der Waals surface area contributed by atoms with Gasteiger partial charge >= 0.3 is 5.97 Å². The second-order valence-corrected chi connectivity index (χ2v) is 5.60. The molecule has 1 rings (SSSR count). The molecule has 0 radical (unpaired) electrons. The predicted molar refractivity (Wildman–Crippen MR) is 62.0 cm³/mol. The Morgan fingerprint density at radius 3 is 2.69 bits per heavy atom. The summed E-state index contributed by atoms with van der Waals surface area (Å²) in [7, 11) is -0.979. The smallest absolute Gasteiger partial charge is 0.371 e. The molecule has 0 fully saturated rings. The van der Waals surface area contributed by atoms with Gasteiger partial charge in [0.2, 0.25) is 5.76 Å². The van der Waals surface area contributed by atoms with Crippen molar-refractivity contribution in [2.45, 2.75) is 38.2 Å². The maximum absolute atomic E-state index is 11.8. The van der Waals surface area contributed by atoms with E-state index in [1.807, 2.05) is 13.8 Å². The summed E-state index contributed by atoms with van der Waals surface area (Å²) in [4.78, 5) is 10.7. The molecule has 1 aromatic heterocycles. The van der Waals surface area contributed by atoms with Crippen LogP contribution >= 0.6 is 0 Å². The van der Waals surface area contributed by atoms with Crippen LogP contribution < -0.4 is 0 Å². The first-order chi connectivity index (χ1) is 7.45. The van der Waals surface area contributed by atoms with E-state index in [1.54, 1.807) is 6.92 Å². The number of aromatic carboxylic acids is 1. The molecule has 4 nitrogen and oxygen atoms in total. The number of rotatable bonds is 5. The number of carboxylic acids is 1. The molecule has 0 spiro atoms. The molecule has 16 heavy (non-hydrogen) atoms. The Labute approximate surface area is 97.1 Å². The first-order valence-electron chi connectivity index (χ1n) is 5.15. The largest absolute Gasteiger partial charge is 0.475 e. The summed E-state index contributed by atoms with van der Waals surface area (Å²) in [5, 5.41) is 8.86. The zero-order valence-corrected chi connectivity index (χ0v) is 10.5. The number of carboxylic acid groups (broad SMARTS) is 1. The Balaban J connectivity index is 2.81. The van der Waals surface area contributed by atoms with Gasteiger partial charge in [0.25, 0.3) is 0 Å². The predicted octanol–water partition coefficient (Wildman–Crippen LogP) is 2.33. The molecule has 1 heterocycles. The number of hydrogen-bond donors (Lipinski definition) is 1. The van der Waals surface area contributed by atoms with Gasteiger partial charge < -0.3 is 9.52 Å². The van der Waals surface area contributed by atoms with Crippen molar-refractivity contribution >= 4 is 16.8 Å². The van der Waals surface area contributed by atoms with Gasteiger partial charge in [-0.05, 0) is 19.4 Å². The van der Waals surface area contributed by atoms with Crippen LogP contribution in [-0.2, 0) is 16.6 Å². The molecule has 5 heteroatoms. The molecule has 2 unspecified atom stereocenters. The van der Waals surface area contributed by atoms with Gasteiger partial charge in [0.1, 0.15) is 5.76 Å². The van der Waals surface area contributed by atoms with Crippen LogP contribution in [0.5, 0.6) is 0 Å². The van der Waals surface area contributed by atoms with E-state index >= 15 is 0 Å². The minimum Gasteiger partial charge on any atom is -0.475 e. The van der Waals surface area contributed by atoms with E-state index in [1.165, 1.54) is 6.07 Å². The molecule has 0 saturated heterocycles. The van der Waals surface area contributed by atoms with Gasteiger partial charge in [0.15, 0.2) is 0 Å². The quantitative estimate of drug-likeness (QED) is 0.863. The molecule has 0 aliphatic heterocycles. The van der Waals surface area contributed by atoms with Crippen LogP contribution in [0.15, 0.2) is 10.5 Å². The van der Waals surface area contributed by atoms with E-state index in [0.717, 1.165) is 12.0 Å². The fourth-order valence-electron chi connectivity index (χ4n) is 1.25. The lowest BCUT2D eigenvalue weighted by atomic mass is 10.3. The average Bonchev–Trinajstić information content (AvgIpc) is 2.59. The maximum atomic E-state index is 11.8. The summed E-state index contributed by atoms with van der Waals surface area (Å²) >= 11 is 0. The minimum atomic E-state index is -1.09. The monoisotopic (exact) mass is 244 g/mol. The van der Waals surface area contributed by atoms with Crippen molar-refractivity contribution in [3.05, 3.63) is 23.2 Å². The van der Waals surface area contributed by atoms with E-state index in [2.05, 4.69) is 0 Å². The van der Waals surface area contributed by atoms with Gasteiger partial charge in [-0.1, -0.05) is 13.8 Å². The molecule has 0 aromatic carbocycles. The van der Waals surface area contributed by atoms with Gasteiger partial charge in [-0.2, -0.15) is 0 Å². The Morgan fingerprint density at radius 1 is 1.62 bits per heavy atom. The normalized spacial score (nSPS) is 14.7. The highest BCUT2D eigenvalue weighted by atomic mass is 32.2. The van der Waals surface area contributed by atoms with Crippen molar-refractivity contribution in [1.29, 1.82) is 0 Å². The molecule has 1 aromatic rings. The van der Waals surface area contributed by atoms with E-state index < -0.39 is 16.8 Å². The Bertz CT molecular complexity index is 408. The fourth-order valence-corrected chi connectivity index (χ4v) is 2.50. The third-order valence-electron chi connectivity index (χ3n) is 2.55. The number of hydrogen-bond acceptors (Lipinski definition) is 3. The van der Waals surface area contributed by atoms with Crippen LogP contribution in [0.2, 0.25) is 0 Å². The van der Waals surface area contributed by atoms with Gasteiger partial charge in [-0.15, -0.1) is 0 Å². The fraction of sp³-hybridized carbons (Fsp3) is 0.545. The molecular weight excluding hydrogens is 228 g/mol. The highest BCUT2D eigenvalue weighted by Gasteiger charge is 2.17. The maximum Gasteiger partial charge on any atom is 0.371 e. The lowest BCUT2D eigenvalue weighted by molar-refractivity contribution is 0.0661. The van der Waals surface area contributed by atoms with Crippen molar-refractivity contribution in [2.75, 3.05) is 0 Å². The van der Waals surface area contributed by atoms with Crippen molar-refractivity contribution in [3.63, 3.8) is 0 Å². The number of aryl methyl sites for hydroxylation is 1. The van der Waals surface area contributed by atoms with Gasteiger partial charge in [-0.25, -0.2) is 4.79 Å². The standard InChI is InChI=1S/C11H16O4S/c1-4-7(2)16(14)6-9-5-10(11(12)13)15-8(9)3/h5,7H,4,6H2,1-3H3,(H,12,13). The highest BCUT2D eigenvalue weighted by Crippen LogP contribution is 2.18. The lowest BCUT2D eigenvalue weighted by Crippen LogP contribution is -2.11. The van der Waals surface area contributed by atoms with Crippen molar-refractivity contribution in [2.24, 2.45) is 0 Å². The molecule has 2 atom stereocenters. The molecule has 0 aliphatic rings. The van der Waals surface area contributed by atoms with Crippen molar-refractivity contribution in [1.82, 2.24) is 0 Å². The van der Waals surface area contributed by atoms with Gasteiger partial charge in [-0.3, -0.25) is 4.21 Å². The zero-order chi connectivity index (χ0) is 12.3. The zero-order valence-electron chi connectivity index (χ0n) is 9.65. The SMILES string of the molecule is CCC(C)S(=O)Cc1cc(C(=O)O)oc1C. The third kappa shape index (κ3) is 2.95. The number of carbonyl (C=O) groups is 1. The molecule has 0 bridgehead atoms. The molecule has 1 N–H and O–H groups in total. The second-order valence-electron chi connectivity index (χ2n) is 3.74. The summed E-state index contributed by atoms with van der Waals surface area (Å²) in [5.74, 6) is -0.288. The van der Waals surface area contributed by atoms with E-state index in [9.17, 15) is 9.00 Å². The van der Waals surface area contributed by atoms with Crippen molar-refractivity contribution < 1.29 is 18.5 Å². The summed E-state index contributed by atoms with van der Waals surface area (Å²) in [6.07, 6.45) is 0.843. The molecule has 0 saturated carbocycles. The second kappa shape index (κ2) is 5.30. The van der Waals surface area contributed by atoms with E-state index in [-0.39, 0.29) is 11.0 Å². The Morgan fingerprint density at radius 2 is 2.25 bits per heavy atom. The minimum absolute atomic E-state index is 0.0892.